The van der Waals surface area contributed by atoms with Crippen LogP contribution in [0.5, 0.6) is 5.75 Å². The number of benzene rings is 2. The van der Waals surface area contributed by atoms with Crippen LogP contribution in [0.15, 0.2) is 65.4 Å². The zero-order chi connectivity index (χ0) is 22.9. The summed E-state index contributed by atoms with van der Waals surface area (Å²) in [6.45, 7) is 0.0520. The van der Waals surface area contributed by atoms with Crippen molar-refractivity contribution in [2.75, 3.05) is 12.4 Å². The minimum atomic E-state index is -0.386. The summed E-state index contributed by atoms with van der Waals surface area (Å²) < 4.78 is 5.36. The van der Waals surface area contributed by atoms with Crippen molar-refractivity contribution in [2.45, 2.75) is 6.54 Å². The van der Waals surface area contributed by atoms with E-state index in [0.29, 0.717) is 33.1 Å². The van der Waals surface area contributed by atoms with Crippen LogP contribution < -0.4 is 10.1 Å². The SMILES string of the molecule is COc1ccc(CN2C(=O)c3ccccc3C2=O)cc1C(=O)Nc1nc(-c2cccs2)cs1. The van der Waals surface area contributed by atoms with Gasteiger partial charge >= 0.3 is 0 Å². The number of aromatic nitrogens is 1. The number of amides is 3. The van der Waals surface area contributed by atoms with Gasteiger partial charge in [0.25, 0.3) is 17.7 Å². The van der Waals surface area contributed by atoms with Crippen LogP contribution in [0.3, 0.4) is 0 Å². The maximum atomic E-state index is 13.0. The fourth-order valence-electron chi connectivity index (χ4n) is 3.63. The van der Waals surface area contributed by atoms with Crippen LogP contribution in [-0.4, -0.2) is 34.7 Å². The fraction of sp³-hybridized carbons (Fsp3) is 0.0833. The minimum absolute atomic E-state index is 0.0520. The number of ether oxygens (including phenoxy) is 1. The second-order valence-corrected chi connectivity index (χ2v) is 9.05. The number of hydrogen-bond acceptors (Lipinski definition) is 7. The average Bonchev–Trinajstić information content (AvgIpc) is 3.57. The van der Waals surface area contributed by atoms with Crippen LogP contribution in [0, 0.1) is 0 Å². The van der Waals surface area contributed by atoms with Crippen molar-refractivity contribution in [3.8, 4) is 16.3 Å². The number of imide groups is 1. The Balaban J connectivity index is 1.37. The first-order chi connectivity index (χ1) is 16.0. The fourth-order valence-corrected chi connectivity index (χ4v) is 5.10. The summed E-state index contributed by atoms with van der Waals surface area (Å²) in [7, 11) is 1.48. The largest absolute Gasteiger partial charge is 0.496 e. The van der Waals surface area contributed by atoms with Gasteiger partial charge in [-0.2, -0.15) is 0 Å². The third-order valence-electron chi connectivity index (χ3n) is 5.23. The lowest BCUT2D eigenvalue weighted by Crippen LogP contribution is -2.29. The molecule has 1 aliphatic heterocycles. The first kappa shape index (κ1) is 21.0. The molecule has 164 valence electrons. The molecular weight excluding hydrogens is 458 g/mol. The van der Waals surface area contributed by atoms with E-state index in [1.807, 2.05) is 22.9 Å². The van der Waals surface area contributed by atoms with E-state index in [1.54, 1.807) is 53.8 Å². The van der Waals surface area contributed by atoms with Crippen molar-refractivity contribution in [3.63, 3.8) is 0 Å². The van der Waals surface area contributed by atoms with Crippen LogP contribution in [0.2, 0.25) is 0 Å². The molecule has 0 bridgehead atoms. The standard InChI is InChI=1S/C24H17N3O4S2/c1-31-19-9-8-14(12-27-22(29)15-5-2-3-6-16(15)23(27)30)11-17(19)21(28)26-24-25-18(13-33-24)20-7-4-10-32-20/h2-11,13H,12H2,1H3,(H,25,26,28). The Bertz CT molecular complexity index is 1340. The Morgan fingerprint density at radius 3 is 2.45 bits per heavy atom. The topological polar surface area (TPSA) is 88.6 Å². The van der Waals surface area contributed by atoms with Gasteiger partial charge in [0.15, 0.2) is 5.13 Å². The molecule has 0 saturated heterocycles. The summed E-state index contributed by atoms with van der Waals surface area (Å²) in [5.41, 5.74) is 2.50. The monoisotopic (exact) mass is 475 g/mol. The molecule has 0 atom stereocenters. The third kappa shape index (κ3) is 3.92. The molecule has 3 heterocycles. The first-order valence-electron chi connectivity index (χ1n) is 9.98. The van der Waals surface area contributed by atoms with Crippen LogP contribution in [0.1, 0.15) is 36.6 Å². The van der Waals surface area contributed by atoms with Gasteiger partial charge in [-0.15, -0.1) is 22.7 Å². The van der Waals surface area contributed by atoms with Crippen molar-refractivity contribution >= 4 is 45.5 Å². The molecule has 0 radical (unpaired) electrons. The first-order valence-corrected chi connectivity index (χ1v) is 11.7. The van der Waals surface area contributed by atoms with E-state index in [-0.39, 0.29) is 24.3 Å². The highest BCUT2D eigenvalue weighted by atomic mass is 32.1. The maximum Gasteiger partial charge on any atom is 0.261 e. The Morgan fingerprint density at radius 1 is 1.03 bits per heavy atom. The number of hydrogen-bond donors (Lipinski definition) is 1. The molecule has 0 unspecified atom stereocenters. The minimum Gasteiger partial charge on any atom is -0.496 e. The van der Waals surface area contributed by atoms with E-state index in [2.05, 4.69) is 10.3 Å². The molecule has 0 saturated carbocycles. The molecule has 9 heteroatoms. The molecule has 2 aromatic heterocycles. The van der Waals surface area contributed by atoms with E-state index in [4.69, 9.17) is 4.74 Å². The number of nitrogens with zero attached hydrogens (tertiary/aromatic N) is 2. The third-order valence-corrected chi connectivity index (χ3v) is 6.88. The predicted octanol–water partition coefficient (Wildman–Crippen LogP) is 4.93. The molecule has 0 fully saturated rings. The van der Waals surface area contributed by atoms with Gasteiger partial charge in [-0.3, -0.25) is 24.6 Å². The summed E-state index contributed by atoms with van der Waals surface area (Å²) in [5, 5.41) is 7.14. The predicted molar refractivity (Wildman–Crippen MR) is 127 cm³/mol. The van der Waals surface area contributed by atoms with Gasteiger partial charge in [-0.25, -0.2) is 4.98 Å². The lowest BCUT2D eigenvalue weighted by molar-refractivity contribution is 0.0642. The number of fused-ring (bicyclic) bond motifs is 1. The number of thiophene rings is 1. The smallest absolute Gasteiger partial charge is 0.261 e. The van der Waals surface area contributed by atoms with E-state index in [0.717, 1.165) is 10.6 Å². The molecule has 4 aromatic rings. The molecule has 1 N–H and O–H groups in total. The molecule has 0 aliphatic carbocycles. The highest BCUT2D eigenvalue weighted by Crippen LogP contribution is 2.30. The lowest BCUT2D eigenvalue weighted by Gasteiger charge is -2.16. The maximum absolute atomic E-state index is 13.0. The van der Waals surface area contributed by atoms with Crippen LogP contribution in [0.4, 0.5) is 5.13 Å². The molecule has 1 aliphatic rings. The second-order valence-electron chi connectivity index (χ2n) is 7.25. The quantitative estimate of drug-likeness (QED) is 0.400. The Morgan fingerprint density at radius 2 is 1.79 bits per heavy atom. The van der Waals surface area contributed by atoms with Crippen LogP contribution in [-0.2, 0) is 6.54 Å². The summed E-state index contributed by atoms with van der Waals surface area (Å²) >= 11 is 2.91. The van der Waals surface area contributed by atoms with E-state index < -0.39 is 0 Å². The second kappa shape index (κ2) is 8.61. The molecule has 7 nitrogen and oxygen atoms in total. The van der Waals surface area contributed by atoms with Crippen molar-refractivity contribution < 1.29 is 19.1 Å². The zero-order valence-corrected chi connectivity index (χ0v) is 19.0. The lowest BCUT2D eigenvalue weighted by atomic mass is 10.1. The summed E-state index contributed by atoms with van der Waals surface area (Å²) in [6, 6.07) is 15.7. The van der Waals surface area contributed by atoms with Gasteiger partial charge < -0.3 is 4.74 Å². The van der Waals surface area contributed by atoms with Crippen molar-refractivity contribution in [2.24, 2.45) is 0 Å². The Kier molecular flexibility index (Phi) is 5.49. The van der Waals surface area contributed by atoms with E-state index in [1.165, 1.54) is 23.3 Å². The number of thiazole rings is 1. The molecular formula is C24H17N3O4S2. The van der Waals surface area contributed by atoms with Gasteiger partial charge in [0.05, 0.1) is 40.9 Å². The molecule has 2 aromatic carbocycles. The molecule has 33 heavy (non-hydrogen) atoms. The Labute approximate surface area is 197 Å². The number of rotatable bonds is 6. The van der Waals surface area contributed by atoms with Gasteiger partial charge in [0.1, 0.15) is 5.75 Å². The molecule has 5 rings (SSSR count). The molecule has 3 amide bonds. The van der Waals surface area contributed by atoms with Crippen LogP contribution >= 0.6 is 22.7 Å². The summed E-state index contributed by atoms with van der Waals surface area (Å²) in [6.07, 6.45) is 0. The number of carbonyl (C=O) groups excluding carboxylic acids is 3. The Hall–Kier alpha value is -3.82. The van der Waals surface area contributed by atoms with Gasteiger partial charge in [0.2, 0.25) is 0 Å². The normalized spacial score (nSPS) is 12.7. The number of methoxy groups -OCH3 is 1. The average molecular weight is 476 g/mol. The van der Waals surface area contributed by atoms with E-state index >= 15 is 0 Å². The summed E-state index contributed by atoms with van der Waals surface area (Å²) in [5.74, 6) is -0.695. The highest BCUT2D eigenvalue weighted by molar-refractivity contribution is 7.16. The van der Waals surface area contributed by atoms with Gasteiger partial charge in [-0.1, -0.05) is 24.3 Å². The number of carbonyl (C=O) groups is 3. The van der Waals surface area contributed by atoms with Gasteiger partial charge in [0, 0.05) is 5.38 Å². The van der Waals surface area contributed by atoms with Crippen molar-refractivity contribution in [1.29, 1.82) is 0 Å². The van der Waals surface area contributed by atoms with Crippen molar-refractivity contribution in [3.05, 3.63) is 87.6 Å². The number of anilines is 1. The highest BCUT2D eigenvalue weighted by Gasteiger charge is 2.35. The zero-order valence-electron chi connectivity index (χ0n) is 17.4. The van der Waals surface area contributed by atoms with E-state index in [9.17, 15) is 14.4 Å². The summed E-state index contributed by atoms with van der Waals surface area (Å²) in [4.78, 5) is 45.1. The van der Waals surface area contributed by atoms with Gasteiger partial charge in [-0.05, 0) is 41.3 Å². The number of nitrogens with one attached hydrogen (secondary N) is 1. The van der Waals surface area contributed by atoms with Crippen molar-refractivity contribution in [1.82, 2.24) is 9.88 Å². The van der Waals surface area contributed by atoms with Crippen LogP contribution in [0.25, 0.3) is 10.6 Å². The molecule has 0 spiro atoms.